The van der Waals surface area contributed by atoms with E-state index in [4.69, 9.17) is 39.5 Å². The van der Waals surface area contributed by atoms with Crippen LogP contribution >= 0.6 is 34.8 Å². The Morgan fingerprint density at radius 2 is 1.90 bits per heavy atom. The van der Waals surface area contributed by atoms with E-state index < -0.39 is 12.5 Å². The van der Waals surface area contributed by atoms with Crippen LogP contribution < -0.4 is 14.8 Å². The molecule has 0 unspecified atom stereocenters. The van der Waals surface area contributed by atoms with Crippen LogP contribution in [0.1, 0.15) is 22.8 Å². The highest BCUT2D eigenvalue weighted by Crippen LogP contribution is 2.31. The van der Waals surface area contributed by atoms with Crippen LogP contribution in [0.15, 0.2) is 42.6 Å². The highest BCUT2D eigenvalue weighted by molar-refractivity contribution is 6.35. The number of carbonyl (C=O) groups is 1. The van der Waals surface area contributed by atoms with Gasteiger partial charge in [-0.2, -0.15) is 13.9 Å². The summed E-state index contributed by atoms with van der Waals surface area (Å²) in [7, 11) is 0. The minimum absolute atomic E-state index is 0.0180. The number of hydrogen-bond acceptors (Lipinski definition) is 4. The maximum atomic E-state index is 12.6. The van der Waals surface area contributed by atoms with Crippen molar-refractivity contribution in [1.29, 1.82) is 0 Å². The molecule has 1 amide bonds. The molecular weight excluding hydrogens is 475 g/mol. The van der Waals surface area contributed by atoms with Crippen LogP contribution in [0.4, 0.5) is 14.6 Å². The van der Waals surface area contributed by atoms with Gasteiger partial charge in [-0.1, -0.05) is 40.9 Å². The van der Waals surface area contributed by atoms with Gasteiger partial charge in [0.2, 0.25) is 0 Å². The maximum Gasteiger partial charge on any atom is 0.387 e. The summed E-state index contributed by atoms with van der Waals surface area (Å²) in [5.41, 5.74) is 0.913. The van der Waals surface area contributed by atoms with Crippen molar-refractivity contribution < 1.29 is 23.0 Å². The molecular formula is C20H16Cl3F2N3O3. The van der Waals surface area contributed by atoms with Crippen molar-refractivity contribution in [3.05, 3.63) is 68.8 Å². The van der Waals surface area contributed by atoms with Crippen molar-refractivity contribution in [2.45, 2.75) is 20.1 Å². The third-order valence-electron chi connectivity index (χ3n) is 4.02. The first-order chi connectivity index (χ1) is 14.8. The Balaban J connectivity index is 1.76. The molecule has 0 saturated carbocycles. The third kappa shape index (κ3) is 6.00. The standard InChI is InChI=1S/C20H16Cl3F2N3O3/c1-2-30-17-7-11(4-6-16(17)31-20(24)25)19(29)26-18-15(23)10-28(27-18)9-12-3-5-13(21)8-14(12)22/h3-8,10,20H,2,9H2,1H3,(H,26,27,29). The van der Waals surface area contributed by atoms with E-state index in [1.54, 1.807) is 25.1 Å². The molecule has 164 valence electrons. The van der Waals surface area contributed by atoms with Gasteiger partial charge in [0.25, 0.3) is 5.91 Å². The number of halogens is 5. The number of amides is 1. The fraction of sp³-hybridized carbons (Fsp3) is 0.200. The number of nitrogens with zero attached hydrogens (tertiary/aromatic N) is 2. The van der Waals surface area contributed by atoms with Crippen molar-refractivity contribution in [2.24, 2.45) is 0 Å². The molecule has 0 atom stereocenters. The second kappa shape index (κ2) is 10.2. The zero-order chi connectivity index (χ0) is 22.5. The van der Waals surface area contributed by atoms with Crippen LogP contribution in [0.3, 0.4) is 0 Å². The van der Waals surface area contributed by atoms with Gasteiger partial charge in [-0.25, -0.2) is 0 Å². The van der Waals surface area contributed by atoms with E-state index in [1.165, 1.54) is 29.1 Å². The minimum Gasteiger partial charge on any atom is -0.490 e. The number of ether oxygens (including phenoxy) is 2. The summed E-state index contributed by atoms with van der Waals surface area (Å²) in [6, 6.07) is 8.94. The van der Waals surface area contributed by atoms with Crippen LogP contribution in [0.25, 0.3) is 0 Å². The molecule has 0 spiro atoms. The summed E-state index contributed by atoms with van der Waals surface area (Å²) in [4.78, 5) is 12.6. The molecule has 0 aliphatic heterocycles. The van der Waals surface area contributed by atoms with Crippen molar-refractivity contribution in [3.63, 3.8) is 0 Å². The quantitative estimate of drug-likeness (QED) is 0.412. The Morgan fingerprint density at radius 1 is 1.13 bits per heavy atom. The van der Waals surface area contributed by atoms with Gasteiger partial charge < -0.3 is 14.8 Å². The molecule has 1 N–H and O–H groups in total. The number of aromatic nitrogens is 2. The molecule has 1 heterocycles. The molecule has 0 radical (unpaired) electrons. The molecule has 0 aliphatic carbocycles. The molecule has 6 nitrogen and oxygen atoms in total. The normalized spacial score (nSPS) is 10.9. The Bertz CT molecular complexity index is 1090. The van der Waals surface area contributed by atoms with Crippen molar-refractivity contribution >= 4 is 46.5 Å². The lowest BCUT2D eigenvalue weighted by molar-refractivity contribution is -0.0514. The lowest BCUT2D eigenvalue weighted by Gasteiger charge is -2.12. The van der Waals surface area contributed by atoms with E-state index >= 15 is 0 Å². The summed E-state index contributed by atoms with van der Waals surface area (Å²) >= 11 is 18.3. The van der Waals surface area contributed by atoms with Gasteiger partial charge in [0.05, 0.1) is 13.2 Å². The highest BCUT2D eigenvalue weighted by atomic mass is 35.5. The average Bonchev–Trinajstić information content (AvgIpc) is 3.04. The monoisotopic (exact) mass is 489 g/mol. The first-order valence-corrected chi connectivity index (χ1v) is 10.1. The van der Waals surface area contributed by atoms with Gasteiger partial charge in [-0.05, 0) is 42.8 Å². The zero-order valence-corrected chi connectivity index (χ0v) is 18.3. The van der Waals surface area contributed by atoms with Gasteiger partial charge in [0, 0.05) is 21.8 Å². The molecule has 2 aromatic carbocycles. The second-order valence-electron chi connectivity index (χ2n) is 6.19. The molecule has 3 aromatic rings. The molecule has 3 rings (SSSR count). The van der Waals surface area contributed by atoms with Crippen molar-refractivity contribution in [1.82, 2.24) is 9.78 Å². The number of carbonyl (C=O) groups excluding carboxylic acids is 1. The van der Waals surface area contributed by atoms with Gasteiger partial charge in [0.1, 0.15) is 5.02 Å². The molecule has 0 aliphatic rings. The van der Waals surface area contributed by atoms with E-state index in [1.807, 2.05) is 0 Å². The van der Waals surface area contributed by atoms with Gasteiger partial charge in [-0.15, -0.1) is 0 Å². The van der Waals surface area contributed by atoms with Crippen molar-refractivity contribution in [3.8, 4) is 11.5 Å². The van der Waals surface area contributed by atoms with Gasteiger partial charge >= 0.3 is 6.61 Å². The van der Waals surface area contributed by atoms with E-state index in [0.29, 0.717) is 16.6 Å². The topological polar surface area (TPSA) is 65.4 Å². The number of benzene rings is 2. The summed E-state index contributed by atoms with van der Waals surface area (Å²) < 4.78 is 36.3. The van der Waals surface area contributed by atoms with Crippen LogP contribution in [-0.4, -0.2) is 28.9 Å². The Hall–Kier alpha value is -2.55. The molecule has 0 fully saturated rings. The first-order valence-electron chi connectivity index (χ1n) is 8.96. The summed E-state index contributed by atoms with van der Waals surface area (Å²) in [6.07, 6.45) is 1.54. The molecule has 0 saturated heterocycles. The summed E-state index contributed by atoms with van der Waals surface area (Å²) in [6.45, 7) is -0.831. The van der Waals surface area contributed by atoms with Crippen molar-refractivity contribution in [2.75, 3.05) is 11.9 Å². The molecule has 11 heteroatoms. The fourth-order valence-electron chi connectivity index (χ4n) is 2.68. The predicted octanol–water partition coefficient (Wildman–Crippen LogP) is 6.14. The second-order valence-corrected chi connectivity index (χ2v) is 7.44. The van der Waals surface area contributed by atoms with E-state index in [-0.39, 0.29) is 34.5 Å². The van der Waals surface area contributed by atoms with Gasteiger partial charge in [-0.3, -0.25) is 9.48 Å². The van der Waals surface area contributed by atoms with Crippen LogP contribution in [-0.2, 0) is 6.54 Å². The number of anilines is 1. The van der Waals surface area contributed by atoms with Crippen LogP contribution in [0, 0.1) is 0 Å². The Kier molecular flexibility index (Phi) is 7.59. The largest absolute Gasteiger partial charge is 0.490 e. The minimum atomic E-state index is -3.02. The Morgan fingerprint density at radius 3 is 2.58 bits per heavy atom. The lowest BCUT2D eigenvalue weighted by Crippen LogP contribution is -2.14. The van der Waals surface area contributed by atoms with E-state index in [2.05, 4.69) is 15.2 Å². The summed E-state index contributed by atoms with van der Waals surface area (Å²) in [5, 5.41) is 8.03. The smallest absolute Gasteiger partial charge is 0.387 e. The van der Waals surface area contributed by atoms with Gasteiger partial charge in [0.15, 0.2) is 17.3 Å². The fourth-order valence-corrected chi connectivity index (χ4v) is 3.34. The number of nitrogens with one attached hydrogen (secondary N) is 1. The highest BCUT2D eigenvalue weighted by Gasteiger charge is 2.17. The van der Waals surface area contributed by atoms with E-state index in [9.17, 15) is 13.6 Å². The maximum absolute atomic E-state index is 12.6. The first kappa shape index (κ1) is 23.1. The van der Waals surface area contributed by atoms with Crippen LogP contribution in [0.2, 0.25) is 15.1 Å². The third-order valence-corrected chi connectivity index (χ3v) is 4.88. The lowest BCUT2D eigenvalue weighted by atomic mass is 10.2. The number of alkyl halides is 2. The number of rotatable bonds is 8. The summed E-state index contributed by atoms with van der Waals surface area (Å²) in [5.74, 6) is -0.580. The van der Waals surface area contributed by atoms with E-state index in [0.717, 1.165) is 5.56 Å². The SMILES string of the molecule is CCOc1cc(C(=O)Nc2nn(Cc3ccc(Cl)cc3Cl)cc2Cl)ccc1OC(F)F. The molecule has 31 heavy (non-hydrogen) atoms. The molecule has 1 aromatic heterocycles. The number of hydrogen-bond donors (Lipinski definition) is 1. The average molecular weight is 491 g/mol. The Labute approximate surface area is 191 Å². The van der Waals surface area contributed by atoms with Crippen LogP contribution in [0.5, 0.6) is 11.5 Å². The zero-order valence-electron chi connectivity index (χ0n) is 16.0. The predicted molar refractivity (Wildman–Crippen MR) is 115 cm³/mol. The molecule has 0 bridgehead atoms.